The van der Waals surface area contributed by atoms with Gasteiger partial charge in [0.15, 0.2) is 0 Å². The number of hydrogen-bond donors (Lipinski definition) is 2. The summed E-state index contributed by atoms with van der Waals surface area (Å²) in [6.07, 6.45) is 2.85. The fourth-order valence-corrected chi connectivity index (χ4v) is 2.60. The molecule has 7 heteroatoms. The summed E-state index contributed by atoms with van der Waals surface area (Å²) in [4.78, 5) is 14.3. The minimum atomic E-state index is -3.72. The van der Waals surface area contributed by atoms with Crippen LogP contribution < -0.4 is 4.72 Å². The van der Waals surface area contributed by atoms with Gasteiger partial charge in [-0.1, -0.05) is 12.1 Å². The van der Waals surface area contributed by atoms with E-state index < -0.39 is 16.0 Å². The zero-order valence-electron chi connectivity index (χ0n) is 10.1. The molecular formula is C12H12N2O4S. The van der Waals surface area contributed by atoms with Gasteiger partial charge < -0.3 is 9.72 Å². The zero-order valence-corrected chi connectivity index (χ0v) is 10.9. The van der Waals surface area contributed by atoms with Crippen molar-refractivity contribution in [1.82, 2.24) is 4.98 Å². The lowest BCUT2D eigenvalue weighted by atomic mass is 10.2. The number of sulfonamides is 1. The minimum absolute atomic E-state index is 0.0900. The SMILES string of the molecule is COC(=O)c1ccccc1NS(=O)(=O)c1cc[nH]c1. The molecule has 1 aromatic heterocycles. The monoisotopic (exact) mass is 280 g/mol. The van der Waals surface area contributed by atoms with Gasteiger partial charge >= 0.3 is 5.97 Å². The van der Waals surface area contributed by atoms with E-state index in [1.54, 1.807) is 12.1 Å². The number of anilines is 1. The number of H-pyrrole nitrogens is 1. The summed E-state index contributed by atoms with van der Waals surface area (Å²) in [5.74, 6) is -0.604. The Morgan fingerprint density at radius 2 is 2.00 bits per heavy atom. The first kappa shape index (κ1) is 13.2. The maximum absolute atomic E-state index is 12.0. The van der Waals surface area contributed by atoms with Gasteiger partial charge in [-0.25, -0.2) is 13.2 Å². The number of esters is 1. The number of benzene rings is 1. The molecule has 0 bridgehead atoms. The Morgan fingerprint density at radius 3 is 2.63 bits per heavy atom. The molecule has 100 valence electrons. The molecule has 2 N–H and O–H groups in total. The Balaban J connectivity index is 2.37. The Kier molecular flexibility index (Phi) is 3.57. The first-order chi connectivity index (χ1) is 9.04. The predicted octanol–water partition coefficient (Wildman–Crippen LogP) is 1.60. The first-order valence-electron chi connectivity index (χ1n) is 5.37. The standard InChI is InChI=1S/C12H12N2O4S/c1-18-12(15)10-4-2-3-5-11(10)14-19(16,17)9-6-7-13-8-9/h2-8,13-14H,1H3. The number of methoxy groups -OCH3 is 1. The summed E-state index contributed by atoms with van der Waals surface area (Å²) in [5.41, 5.74) is 0.333. The number of para-hydroxylation sites is 1. The average molecular weight is 280 g/mol. The van der Waals surface area contributed by atoms with Crippen LogP contribution in [0, 0.1) is 0 Å². The van der Waals surface area contributed by atoms with Crippen LogP contribution in [0.25, 0.3) is 0 Å². The Morgan fingerprint density at radius 1 is 1.26 bits per heavy atom. The second-order valence-corrected chi connectivity index (χ2v) is 5.37. The van der Waals surface area contributed by atoms with Crippen LogP contribution >= 0.6 is 0 Å². The van der Waals surface area contributed by atoms with Gasteiger partial charge in [-0.15, -0.1) is 0 Å². The molecule has 0 atom stereocenters. The molecule has 0 amide bonds. The van der Waals surface area contributed by atoms with Crippen molar-refractivity contribution in [3.8, 4) is 0 Å². The number of carbonyl (C=O) groups excluding carboxylic acids is 1. The lowest BCUT2D eigenvalue weighted by Crippen LogP contribution is -2.15. The largest absolute Gasteiger partial charge is 0.465 e. The third-order valence-electron chi connectivity index (χ3n) is 2.46. The van der Waals surface area contributed by atoms with Crippen LogP contribution in [0.2, 0.25) is 0 Å². The number of rotatable bonds is 4. The van der Waals surface area contributed by atoms with E-state index in [-0.39, 0.29) is 16.1 Å². The third-order valence-corrected chi connectivity index (χ3v) is 3.82. The smallest absolute Gasteiger partial charge is 0.339 e. The van der Waals surface area contributed by atoms with Gasteiger partial charge in [0.25, 0.3) is 10.0 Å². The van der Waals surface area contributed by atoms with E-state index in [0.29, 0.717) is 0 Å². The highest BCUT2D eigenvalue weighted by atomic mass is 32.2. The molecule has 0 aliphatic rings. The quantitative estimate of drug-likeness (QED) is 0.833. The zero-order chi connectivity index (χ0) is 13.9. The number of ether oxygens (including phenoxy) is 1. The summed E-state index contributed by atoms with van der Waals surface area (Å²) < 4.78 is 31.0. The topological polar surface area (TPSA) is 88.3 Å². The van der Waals surface area contributed by atoms with Crippen molar-refractivity contribution in [2.45, 2.75) is 4.90 Å². The van der Waals surface area contributed by atoms with E-state index in [9.17, 15) is 13.2 Å². The summed E-state index contributed by atoms with van der Waals surface area (Å²) in [5, 5.41) is 0. The lowest BCUT2D eigenvalue weighted by molar-refractivity contribution is 0.0602. The van der Waals surface area contributed by atoms with E-state index in [4.69, 9.17) is 0 Å². The average Bonchev–Trinajstić information content (AvgIpc) is 2.93. The van der Waals surface area contributed by atoms with Crippen molar-refractivity contribution in [2.75, 3.05) is 11.8 Å². The molecule has 19 heavy (non-hydrogen) atoms. The molecule has 0 radical (unpaired) electrons. The fraction of sp³-hybridized carbons (Fsp3) is 0.0833. The van der Waals surface area contributed by atoms with E-state index >= 15 is 0 Å². The normalized spacial score (nSPS) is 11.0. The van der Waals surface area contributed by atoms with E-state index in [1.807, 2.05) is 0 Å². The summed E-state index contributed by atoms with van der Waals surface area (Å²) in [6.45, 7) is 0. The summed E-state index contributed by atoms with van der Waals surface area (Å²) in [6, 6.07) is 7.65. The molecule has 0 unspecified atom stereocenters. The molecule has 0 saturated carbocycles. The van der Waals surface area contributed by atoms with Crippen molar-refractivity contribution in [3.63, 3.8) is 0 Å². The number of nitrogens with one attached hydrogen (secondary N) is 2. The van der Waals surface area contributed by atoms with E-state index in [1.165, 1.54) is 37.7 Å². The van der Waals surface area contributed by atoms with E-state index in [2.05, 4.69) is 14.4 Å². The highest BCUT2D eigenvalue weighted by Gasteiger charge is 2.18. The second kappa shape index (κ2) is 5.15. The van der Waals surface area contributed by atoms with Crippen molar-refractivity contribution < 1.29 is 17.9 Å². The van der Waals surface area contributed by atoms with Crippen LogP contribution in [0.5, 0.6) is 0 Å². The lowest BCUT2D eigenvalue weighted by Gasteiger charge is -2.10. The molecule has 1 heterocycles. The molecule has 0 saturated heterocycles. The van der Waals surface area contributed by atoms with Crippen molar-refractivity contribution in [2.24, 2.45) is 0 Å². The molecule has 0 aliphatic heterocycles. The molecule has 0 spiro atoms. The van der Waals surface area contributed by atoms with Gasteiger partial charge in [0.1, 0.15) is 4.90 Å². The number of aromatic amines is 1. The molecule has 2 rings (SSSR count). The molecular weight excluding hydrogens is 268 g/mol. The van der Waals surface area contributed by atoms with E-state index in [0.717, 1.165) is 0 Å². The maximum atomic E-state index is 12.0. The van der Waals surface area contributed by atoms with Gasteiger partial charge in [0.05, 0.1) is 18.4 Å². The highest BCUT2D eigenvalue weighted by Crippen LogP contribution is 2.20. The molecule has 0 aliphatic carbocycles. The van der Waals surface area contributed by atoms with Gasteiger partial charge in [0, 0.05) is 12.4 Å². The minimum Gasteiger partial charge on any atom is -0.465 e. The van der Waals surface area contributed by atoms with Gasteiger partial charge in [-0.3, -0.25) is 4.72 Å². The molecule has 1 aromatic carbocycles. The van der Waals surface area contributed by atoms with Crippen LogP contribution in [0.1, 0.15) is 10.4 Å². The number of hydrogen-bond acceptors (Lipinski definition) is 4. The Bertz CT molecular complexity index is 678. The summed E-state index contributed by atoms with van der Waals surface area (Å²) in [7, 11) is -2.49. The van der Waals surface area contributed by atoms with Crippen LogP contribution in [-0.2, 0) is 14.8 Å². The third kappa shape index (κ3) is 2.76. The molecule has 2 aromatic rings. The van der Waals surface area contributed by atoms with Gasteiger partial charge in [-0.2, -0.15) is 0 Å². The predicted molar refractivity (Wildman–Crippen MR) is 69.4 cm³/mol. The highest BCUT2D eigenvalue weighted by molar-refractivity contribution is 7.92. The first-order valence-corrected chi connectivity index (χ1v) is 6.86. The number of aromatic nitrogens is 1. The van der Waals surface area contributed by atoms with Crippen LogP contribution in [0.4, 0.5) is 5.69 Å². The second-order valence-electron chi connectivity index (χ2n) is 3.69. The van der Waals surface area contributed by atoms with Crippen molar-refractivity contribution in [1.29, 1.82) is 0 Å². The fourth-order valence-electron chi connectivity index (χ4n) is 1.54. The number of carbonyl (C=O) groups is 1. The van der Waals surface area contributed by atoms with Crippen molar-refractivity contribution >= 4 is 21.7 Å². The van der Waals surface area contributed by atoms with Crippen LogP contribution in [0.15, 0.2) is 47.6 Å². The van der Waals surface area contributed by atoms with Crippen molar-refractivity contribution in [3.05, 3.63) is 48.3 Å². The Labute approximate surface area is 110 Å². The Hall–Kier alpha value is -2.28. The van der Waals surface area contributed by atoms with Crippen LogP contribution in [-0.4, -0.2) is 26.5 Å². The molecule has 6 nitrogen and oxygen atoms in total. The van der Waals surface area contributed by atoms with Gasteiger partial charge in [-0.05, 0) is 18.2 Å². The van der Waals surface area contributed by atoms with Gasteiger partial charge in [0.2, 0.25) is 0 Å². The van der Waals surface area contributed by atoms with Crippen LogP contribution in [0.3, 0.4) is 0 Å². The molecule has 0 fully saturated rings. The maximum Gasteiger partial charge on any atom is 0.339 e. The summed E-state index contributed by atoms with van der Waals surface area (Å²) >= 11 is 0.